The molecule has 0 atom stereocenters. The Hall–Kier alpha value is -3.50. The van der Waals surface area contributed by atoms with Gasteiger partial charge in [0, 0.05) is 24.0 Å². The molecule has 1 N–H and O–H groups in total. The number of amides is 1. The van der Waals surface area contributed by atoms with Gasteiger partial charge in [-0.25, -0.2) is 4.98 Å². The number of rotatable bonds is 8. The number of nitrogens with zero attached hydrogens (tertiary/aromatic N) is 4. The minimum absolute atomic E-state index is 0.172. The van der Waals surface area contributed by atoms with E-state index in [4.69, 9.17) is 9.47 Å². The maximum Gasteiger partial charge on any atom is 0.234 e. The summed E-state index contributed by atoms with van der Waals surface area (Å²) in [6, 6.07) is 12.8. The standard InChI is InChI=1S/C23H21N5O3S2/c1-14-22(33-23(25-14)15-5-4-10-24-12-15)18-8-9-21(28-27-18)32-13-20(29)26-17-7-6-16(30-2)11-19(17)31-3/h4-12H,13H2,1-3H3,(H,26,29). The second-order valence-corrected chi connectivity index (χ2v) is 8.83. The number of carbonyl (C=O) groups excluding carboxylic acids is 1. The highest BCUT2D eigenvalue weighted by molar-refractivity contribution is 7.99. The smallest absolute Gasteiger partial charge is 0.234 e. The summed E-state index contributed by atoms with van der Waals surface area (Å²) < 4.78 is 10.5. The molecule has 0 saturated heterocycles. The van der Waals surface area contributed by atoms with E-state index in [1.54, 1.807) is 56.1 Å². The van der Waals surface area contributed by atoms with E-state index in [2.05, 4.69) is 25.5 Å². The fourth-order valence-electron chi connectivity index (χ4n) is 2.99. The molecule has 1 amide bonds. The van der Waals surface area contributed by atoms with Gasteiger partial charge in [0.1, 0.15) is 27.2 Å². The van der Waals surface area contributed by atoms with Crippen molar-refractivity contribution in [3.05, 3.63) is 60.6 Å². The van der Waals surface area contributed by atoms with Crippen molar-refractivity contribution < 1.29 is 14.3 Å². The van der Waals surface area contributed by atoms with E-state index in [0.29, 0.717) is 22.2 Å². The number of ether oxygens (including phenoxy) is 2. The minimum atomic E-state index is -0.172. The Morgan fingerprint density at radius 3 is 2.70 bits per heavy atom. The van der Waals surface area contributed by atoms with E-state index in [9.17, 15) is 4.79 Å². The van der Waals surface area contributed by atoms with Crippen LogP contribution >= 0.6 is 23.1 Å². The molecule has 0 unspecified atom stereocenters. The Balaban J connectivity index is 1.39. The van der Waals surface area contributed by atoms with Crippen LogP contribution in [0.15, 0.2) is 59.9 Å². The lowest BCUT2D eigenvalue weighted by Crippen LogP contribution is -2.14. The molecular formula is C23H21N5O3S2. The molecule has 0 radical (unpaired) electrons. The molecular weight excluding hydrogens is 458 g/mol. The third kappa shape index (κ3) is 5.47. The molecule has 0 spiro atoms. The van der Waals surface area contributed by atoms with Gasteiger partial charge in [0.2, 0.25) is 5.91 Å². The fraction of sp³-hybridized carbons (Fsp3) is 0.174. The first-order chi connectivity index (χ1) is 16.1. The van der Waals surface area contributed by atoms with Gasteiger partial charge in [-0.3, -0.25) is 9.78 Å². The molecule has 0 aliphatic rings. The summed E-state index contributed by atoms with van der Waals surface area (Å²) in [4.78, 5) is 22.2. The zero-order valence-corrected chi connectivity index (χ0v) is 19.9. The number of benzene rings is 1. The molecule has 8 nitrogen and oxygen atoms in total. The summed E-state index contributed by atoms with van der Waals surface area (Å²) in [7, 11) is 3.12. The highest BCUT2D eigenvalue weighted by atomic mass is 32.2. The van der Waals surface area contributed by atoms with Gasteiger partial charge in [0.25, 0.3) is 0 Å². The molecule has 3 aromatic heterocycles. The van der Waals surface area contributed by atoms with E-state index in [0.717, 1.165) is 26.8 Å². The number of thiazole rings is 1. The molecule has 3 heterocycles. The van der Waals surface area contributed by atoms with Gasteiger partial charge in [-0.1, -0.05) is 11.8 Å². The van der Waals surface area contributed by atoms with Crippen molar-refractivity contribution in [2.45, 2.75) is 11.9 Å². The molecule has 33 heavy (non-hydrogen) atoms. The Labute approximate surface area is 199 Å². The van der Waals surface area contributed by atoms with Crippen LogP contribution < -0.4 is 14.8 Å². The Bertz CT molecular complexity index is 1250. The number of aromatic nitrogens is 4. The second kappa shape index (κ2) is 10.4. The van der Waals surface area contributed by atoms with E-state index in [1.807, 2.05) is 31.2 Å². The van der Waals surface area contributed by atoms with Crippen LogP contribution in [0.1, 0.15) is 5.69 Å². The zero-order chi connectivity index (χ0) is 23.2. The van der Waals surface area contributed by atoms with Gasteiger partial charge in [-0.15, -0.1) is 21.5 Å². The summed E-state index contributed by atoms with van der Waals surface area (Å²) in [5.41, 5.74) is 3.19. The molecule has 0 aliphatic heterocycles. The van der Waals surface area contributed by atoms with Gasteiger partial charge in [-0.05, 0) is 43.3 Å². The van der Waals surface area contributed by atoms with Crippen LogP contribution in [0, 0.1) is 6.92 Å². The lowest BCUT2D eigenvalue weighted by molar-refractivity contribution is -0.113. The summed E-state index contributed by atoms with van der Waals surface area (Å²) >= 11 is 2.86. The van der Waals surface area contributed by atoms with Gasteiger partial charge < -0.3 is 14.8 Å². The number of hydrogen-bond acceptors (Lipinski definition) is 9. The predicted octanol–water partition coefficient (Wildman–Crippen LogP) is 4.72. The second-order valence-electron chi connectivity index (χ2n) is 6.84. The van der Waals surface area contributed by atoms with Crippen molar-refractivity contribution in [3.63, 3.8) is 0 Å². The van der Waals surface area contributed by atoms with Crippen LogP contribution in [0.3, 0.4) is 0 Å². The van der Waals surface area contributed by atoms with Crippen molar-refractivity contribution in [1.29, 1.82) is 0 Å². The number of carbonyl (C=O) groups is 1. The quantitative estimate of drug-likeness (QED) is 0.363. The van der Waals surface area contributed by atoms with Crippen molar-refractivity contribution in [2.75, 3.05) is 25.3 Å². The lowest BCUT2D eigenvalue weighted by atomic mass is 10.2. The van der Waals surface area contributed by atoms with Crippen LogP contribution in [0.25, 0.3) is 21.1 Å². The Morgan fingerprint density at radius 2 is 2.00 bits per heavy atom. The normalized spacial score (nSPS) is 10.6. The Kier molecular flexibility index (Phi) is 7.16. The third-order valence-corrected chi connectivity index (χ3v) is 6.76. The van der Waals surface area contributed by atoms with Crippen molar-refractivity contribution >= 4 is 34.7 Å². The van der Waals surface area contributed by atoms with Gasteiger partial charge in [0.05, 0.1) is 36.2 Å². The number of aryl methyl sites for hydroxylation is 1. The van der Waals surface area contributed by atoms with E-state index >= 15 is 0 Å². The molecule has 0 saturated carbocycles. The summed E-state index contributed by atoms with van der Waals surface area (Å²) in [5, 5.41) is 13.0. The van der Waals surface area contributed by atoms with Gasteiger partial charge >= 0.3 is 0 Å². The van der Waals surface area contributed by atoms with Gasteiger partial charge in [0.15, 0.2) is 0 Å². The SMILES string of the molecule is COc1ccc(NC(=O)CSc2ccc(-c3sc(-c4cccnc4)nc3C)nn2)c(OC)c1. The summed E-state index contributed by atoms with van der Waals surface area (Å²) in [6.07, 6.45) is 3.53. The first kappa shape index (κ1) is 22.7. The van der Waals surface area contributed by atoms with Crippen LogP contribution in [0.2, 0.25) is 0 Å². The molecule has 0 aliphatic carbocycles. The number of pyridine rings is 1. The molecule has 4 aromatic rings. The topological polar surface area (TPSA) is 99.1 Å². The van der Waals surface area contributed by atoms with Crippen molar-refractivity contribution in [1.82, 2.24) is 20.2 Å². The van der Waals surface area contributed by atoms with Crippen LogP contribution in [0.5, 0.6) is 11.5 Å². The van der Waals surface area contributed by atoms with Crippen LogP contribution in [-0.2, 0) is 4.79 Å². The molecule has 0 fully saturated rings. The highest BCUT2D eigenvalue weighted by Gasteiger charge is 2.14. The third-order valence-electron chi connectivity index (χ3n) is 4.61. The number of nitrogens with one attached hydrogen (secondary N) is 1. The van der Waals surface area contributed by atoms with E-state index < -0.39 is 0 Å². The molecule has 10 heteroatoms. The maximum absolute atomic E-state index is 12.4. The van der Waals surface area contributed by atoms with E-state index in [-0.39, 0.29) is 11.7 Å². The highest BCUT2D eigenvalue weighted by Crippen LogP contribution is 2.34. The Morgan fingerprint density at radius 1 is 1.12 bits per heavy atom. The molecule has 1 aromatic carbocycles. The lowest BCUT2D eigenvalue weighted by Gasteiger charge is -2.11. The average molecular weight is 480 g/mol. The maximum atomic E-state index is 12.4. The predicted molar refractivity (Wildman–Crippen MR) is 130 cm³/mol. The monoisotopic (exact) mass is 479 g/mol. The minimum Gasteiger partial charge on any atom is -0.497 e. The number of thioether (sulfide) groups is 1. The van der Waals surface area contributed by atoms with Crippen LogP contribution in [-0.4, -0.2) is 46.0 Å². The first-order valence-corrected chi connectivity index (χ1v) is 11.7. The van der Waals surface area contributed by atoms with Crippen LogP contribution in [0.4, 0.5) is 5.69 Å². The first-order valence-electron chi connectivity index (χ1n) is 9.94. The largest absolute Gasteiger partial charge is 0.497 e. The number of anilines is 1. The van der Waals surface area contributed by atoms with Crippen molar-refractivity contribution in [2.24, 2.45) is 0 Å². The van der Waals surface area contributed by atoms with Gasteiger partial charge in [-0.2, -0.15) is 0 Å². The zero-order valence-electron chi connectivity index (χ0n) is 18.2. The fourth-order valence-corrected chi connectivity index (χ4v) is 4.63. The summed E-state index contributed by atoms with van der Waals surface area (Å²) in [5.74, 6) is 1.20. The summed E-state index contributed by atoms with van der Waals surface area (Å²) in [6.45, 7) is 1.95. The van der Waals surface area contributed by atoms with Crippen molar-refractivity contribution in [3.8, 4) is 32.6 Å². The number of hydrogen-bond donors (Lipinski definition) is 1. The van der Waals surface area contributed by atoms with E-state index in [1.165, 1.54) is 11.8 Å². The molecule has 4 rings (SSSR count). The molecule has 0 bridgehead atoms. The molecule has 168 valence electrons. The average Bonchev–Trinajstić information content (AvgIpc) is 3.25. The number of methoxy groups -OCH3 is 2.